The Kier molecular flexibility index (Phi) is 6.04. The minimum atomic E-state index is 0.758. The van der Waals surface area contributed by atoms with Crippen LogP contribution >= 0.6 is 0 Å². The highest BCUT2D eigenvalue weighted by molar-refractivity contribution is 5.42. The molecule has 1 aliphatic rings. The Morgan fingerprint density at radius 3 is 2.52 bits per heavy atom. The average Bonchev–Trinajstić information content (AvgIpc) is 3.30. The van der Waals surface area contributed by atoms with Crippen LogP contribution in [0.25, 0.3) is 0 Å². The maximum absolute atomic E-state index is 4.77. The van der Waals surface area contributed by atoms with Crippen LogP contribution in [0.15, 0.2) is 12.1 Å². The zero-order chi connectivity index (χ0) is 15.2. The summed E-state index contributed by atoms with van der Waals surface area (Å²) in [5, 5.41) is 3.60. The molecule has 2 rings (SSSR count). The summed E-state index contributed by atoms with van der Waals surface area (Å²) in [6, 6.07) is 5.24. The lowest BCUT2D eigenvalue weighted by Gasteiger charge is -2.27. The van der Waals surface area contributed by atoms with Gasteiger partial charge in [-0.1, -0.05) is 26.7 Å². The molecule has 0 aliphatic heterocycles. The molecule has 0 unspecified atom stereocenters. The molecule has 3 nitrogen and oxygen atoms in total. The van der Waals surface area contributed by atoms with E-state index >= 15 is 0 Å². The van der Waals surface area contributed by atoms with Gasteiger partial charge in [-0.2, -0.15) is 0 Å². The van der Waals surface area contributed by atoms with Gasteiger partial charge in [-0.15, -0.1) is 0 Å². The largest absolute Gasteiger partial charge is 0.357 e. The van der Waals surface area contributed by atoms with Crippen LogP contribution in [0.5, 0.6) is 0 Å². The monoisotopic (exact) mass is 289 g/mol. The van der Waals surface area contributed by atoms with Gasteiger partial charge in [-0.25, -0.2) is 4.98 Å². The predicted molar refractivity (Wildman–Crippen MR) is 90.8 cm³/mol. The Balaban J connectivity index is 2.07. The van der Waals surface area contributed by atoms with Crippen LogP contribution in [0.2, 0.25) is 0 Å². The van der Waals surface area contributed by atoms with Crippen LogP contribution in [0.1, 0.15) is 57.7 Å². The fourth-order valence-corrected chi connectivity index (χ4v) is 2.78. The standard InChI is InChI=1S/C18H31N3/c1-5-15(6-2)13-21(7-3)18-11-16(10-14(4)20-18)12-19-17-8-9-17/h10-11,15,17,19H,5-9,12-13H2,1-4H3. The number of rotatable bonds is 9. The molecule has 1 N–H and O–H groups in total. The first-order valence-electron chi connectivity index (χ1n) is 8.62. The first-order chi connectivity index (χ1) is 10.2. The van der Waals surface area contributed by atoms with E-state index in [0.717, 1.165) is 43.1 Å². The number of nitrogens with one attached hydrogen (secondary N) is 1. The third kappa shape index (κ3) is 4.99. The number of hydrogen-bond donors (Lipinski definition) is 1. The molecule has 0 bridgehead atoms. The van der Waals surface area contributed by atoms with E-state index < -0.39 is 0 Å². The highest BCUT2D eigenvalue weighted by atomic mass is 15.2. The van der Waals surface area contributed by atoms with Gasteiger partial charge in [0.1, 0.15) is 5.82 Å². The topological polar surface area (TPSA) is 28.2 Å². The van der Waals surface area contributed by atoms with Crippen molar-refractivity contribution in [2.75, 3.05) is 18.0 Å². The summed E-state index contributed by atoms with van der Waals surface area (Å²) >= 11 is 0. The molecule has 0 radical (unpaired) electrons. The first-order valence-corrected chi connectivity index (χ1v) is 8.62. The maximum atomic E-state index is 4.77. The molecule has 0 saturated heterocycles. The molecular formula is C18H31N3. The number of anilines is 1. The summed E-state index contributed by atoms with van der Waals surface area (Å²) in [5.41, 5.74) is 2.50. The van der Waals surface area contributed by atoms with Crippen molar-refractivity contribution in [2.24, 2.45) is 5.92 Å². The van der Waals surface area contributed by atoms with Gasteiger partial charge in [0.05, 0.1) is 0 Å². The van der Waals surface area contributed by atoms with E-state index in [2.05, 4.69) is 50.0 Å². The molecule has 1 saturated carbocycles. The Bertz CT molecular complexity index is 436. The van der Waals surface area contributed by atoms with Gasteiger partial charge in [0.2, 0.25) is 0 Å². The minimum absolute atomic E-state index is 0.758. The average molecular weight is 289 g/mol. The van der Waals surface area contributed by atoms with Gasteiger partial charge in [-0.05, 0) is 50.3 Å². The lowest BCUT2D eigenvalue weighted by Crippen LogP contribution is -2.30. The summed E-state index contributed by atoms with van der Waals surface area (Å²) in [6.07, 6.45) is 5.17. The second kappa shape index (κ2) is 7.79. The van der Waals surface area contributed by atoms with E-state index in [1.54, 1.807) is 0 Å². The molecule has 3 heteroatoms. The van der Waals surface area contributed by atoms with Crippen LogP contribution in [-0.2, 0) is 6.54 Å². The Morgan fingerprint density at radius 2 is 1.95 bits per heavy atom. The summed E-state index contributed by atoms with van der Waals surface area (Å²) in [5.74, 6) is 1.91. The van der Waals surface area contributed by atoms with Crippen LogP contribution in [0.4, 0.5) is 5.82 Å². The third-order valence-electron chi connectivity index (χ3n) is 4.51. The first kappa shape index (κ1) is 16.3. The molecule has 0 amide bonds. The van der Waals surface area contributed by atoms with Gasteiger partial charge >= 0.3 is 0 Å². The van der Waals surface area contributed by atoms with Crippen molar-refractivity contribution in [3.8, 4) is 0 Å². The smallest absolute Gasteiger partial charge is 0.129 e. The third-order valence-corrected chi connectivity index (χ3v) is 4.51. The molecule has 1 aliphatic carbocycles. The van der Waals surface area contributed by atoms with Crippen LogP contribution in [0.3, 0.4) is 0 Å². The highest BCUT2D eigenvalue weighted by Crippen LogP contribution is 2.21. The van der Waals surface area contributed by atoms with Crippen LogP contribution in [0, 0.1) is 12.8 Å². The normalized spacial score (nSPS) is 14.7. The number of nitrogens with zero attached hydrogens (tertiary/aromatic N) is 2. The number of pyridine rings is 1. The molecule has 21 heavy (non-hydrogen) atoms. The minimum Gasteiger partial charge on any atom is -0.357 e. The zero-order valence-corrected chi connectivity index (χ0v) is 14.2. The van der Waals surface area contributed by atoms with Crippen molar-refractivity contribution < 1.29 is 0 Å². The van der Waals surface area contributed by atoms with E-state index in [1.165, 1.54) is 31.2 Å². The van der Waals surface area contributed by atoms with Crippen molar-refractivity contribution in [1.82, 2.24) is 10.3 Å². The van der Waals surface area contributed by atoms with Gasteiger partial charge in [0.15, 0.2) is 0 Å². The second-order valence-corrected chi connectivity index (χ2v) is 6.35. The van der Waals surface area contributed by atoms with Crippen molar-refractivity contribution in [2.45, 2.75) is 66.0 Å². The summed E-state index contributed by atoms with van der Waals surface area (Å²) in [6.45, 7) is 12.0. The van der Waals surface area contributed by atoms with E-state index in [-0.39, 0.29) is 0 Å². The molecule has 1 aromatic rings. The fourth-order valence-electron chi connectivity index (χ4n) is 2.78. The molecule has 0 atom stereocenters. The van der Waals surface area contributed by atoms with E-state index in [4.69, 9.17) is 4.98 Å². The number of aryl methyl sites for hydroxylation is 1. The Hall–Kier alpha value is -1.09. The lowest BCUT2D eigenvalue weighted by molar-refractivity contribution is 0.484. The molecule has 0 aromatic carbocycles. The number of hydrogen-bond acceptors (Lipinski definition) is 3. The summed E-state index contributed by atoms with van der Waals surface area (Å²) in [4.78, 5) is 7.20. The Labute approximate surface area is 130 Å². The van der Waals surface area contributed by atoms with Gasteiger partial charge < -0.3 is 10.2 Å². The molecule has 0 spiro atoms. The van der Waals surface area contributed by atoms with E-state index in [9.17, 15) is 0 Å². The molecule has 1 heterocycles. The van der Waals surface area contributed by atoms with Crippen molar-refractivity contribution >= 4 is 5.82 Å². The van der Waals surface area contributed by atoms with E-state index in [0.29, 0.717) is 0 Å². The Morgan fingerprint density at radius 1 is 1.24 bits per heavy atom. The van der Waals surface area contributed by atoms with Crippen molar-refractivity contribution in [3.05, 3.63) is 23.4 Å². The number of aromatic nitrogens is 1. The fraction of sp³-hybridized carbons (Fsp3) is 0.722. The SMILES string of the molecule is CCC(CC)CN(CC)c1cc(CNC2CC2)cc(C)n1. The van der Waals surface area contributed by atoms with E-state index in [1.807, 2.05) is 0 Å². The molecule has 1 fully saturated rings. The maximum Gasteiger partial charge on any atom is 0.129 e. The molecule has 1 aromatic heterocycles. The quantitative estimate of drug-likeness (QED) is 0.747. The highest BCUT2D eigenvalue weighted by Gasteiger charge is 2.20. The zero-order valence-electron chi connectivity index (χ0n) is 14.2. The molecule has 118 valence electrons. The van der Waals surface area contributed by atoms with Crippen LogP contribution < -0.4 is 10.2 Å². The second-order valence-electron chi connectivity index (χ2n) is 6.35. The lowest BCUT2D eigenvalue weighted by atomic mass is 10.0. The van der Waals surface area contributed by atoms with Gasteiger partial charge in [-0.3, -0.25) is 0 Å². The summed E-state index contributed by atoms with van der Waals surface area (Å²) in [7, 11) is 0. The summed E-state index contributed by atoms with van der Waals surface area (Å²) < 4.78 is 0. The van der Waals surface area contributed by atoms with Crippen molar-refractivity contribution in [1.29, 1.82) is 0 Å². The predicted octanol–water partition coefficient (Wildman–Crippen LogP) is 3.90. The van der Waals surface area contributed by atoms with Crippen molar-refractivity contribution in [3.63, 3.8) is 0 Å². The van der Waals surface area contributed by atoms with Crippen LogP contribution in [-0.4, -0.2) is 24.1 Å². The van der Waals surface area contributed by atoms with Gasteiger partial charge in [0, 0.05) is 31.4 Å². The molecular weight excluding hydrogens is 258 g/mol. The van der Waals surface area contributed by atoms with Gasteiger partial charge in [0.25, 0.3) is 0 Å².